The van der Waals surface area contributed by atoms with Crippen LogP contribution in [0.4, 0.5) is 0 Å². The summed E-state index contributed by atoms with van der Waals surface area (Å²) in [4.78, 5) is 12.8. The number of ketones is 1. The summed E-state index contributed by atoms with van der Waals surface area (Å²) < 4.78 is 0. The van der Waals surface area contributed by atoms with Gasteiger partial charge >= 0.3 is 0 Å². The second kappa shape index (κ2) is 7.16. The molecule has 0 aromatic heterocycles. The molecule has 0 aliphatic rings. The molecule has 0 spiro atoms. The fourth-order valence-corrected chi connectivity index (χ4v) is 2.53. The first-order valence-corrected chi connectivity index (χ1v) is 7.24. The van der Waals surface area contributed by atoms with E-state index >= 15 is 0 Å². The molecule has 0 amide bonds. The smallest absolute Gasteiger partial charge is 0.165 e. The standard InChI is InChI=1S/C16H19NOS/c1-11(2)16(18)14-7-5-13(6-8-14)15(9-10-17)19-12(3)4/h5-9,11-12H,1-4H3/b15-9+. The first kappa shape index (κ1) is 15.5. The van der Waals surface area contributed by atoms with Gasteiger partial charge in [-0.2, -0.15) is 5.26 Å². The van der Waals surface area contributed by atoms with Crippen LogP contribution in [0.15, 0.2) is 30.3 Å². The van der Waals surface area contributed by atoms with Gasteiger partial charge in [0.2, 0.25) is 0 Å². The summed E-state index contributed by atoms with van der Waals surface area (Å²) in [5.41, 5.74) is 1.71. The van der Waals surface area contributed by atoms with E-state index in [2.05, 4.69) is 19.9 Å². The Balaban J connectivity index is 3.00. The summed E-state index contributed by atoms with van der Waals surface area (Å²) in [6.45, 7) is 7.97. The van der Waals surface area contributed by atoms with Crippen molar-refractivity contribution in [2.24, 2.45) is 5.92 Å². The lowest BCUT2D eigenvalue weighted by atomic mass is 10.00. The SMILES string of the molecule is CC(C)S/C(=C/C#N)c1ccc(C(=O)C(C)C)cc1. The lowest BCUT2D eigenvalue weighted by Gasteiger charge is -2.10. The number of carbonyl (C=O) groups is 1. The van der Waals surface area contributed by atoms with Crippen LogP contribution in [0.25, 0.3) is 4.91 Å². The van der Waals surface area contributed by atoms with Gasteiger partial charge in [-0.3, -0.25) is 4.79 Å². The van der Waals surface area contributed by atoms with Crippen molar-refractivity contribution >= 4 is 22.5 Å². The Labute approximate surface area is 119 Å². The van der Waals surface area contributed by atoms with Gasteiger partial charge in [-0.1, -0.05) is 52.0 Å². The van der Waals surface area contributed by atoms with Crippen LogP contribution in [0, 0.1) is 17.2 Å². The highest BCUT2D eigenvalue weighted by Gasteiger charge is 2.11. The van der Waals surface area contributed by atoms with E-state index in [0.717, 1.165) is 16.0 Å². The molecule has 100 valence electrons. The highest BCUT2D eigenvalue weighted by Crippen LogP contribution is 2.31. The van der Waals surface area contributed by atoms with Gasteiger partial charge in [0.15, 0.2) is 5.78 Å². The summed E-state index contributed by atoms with van der Waals surface area (Å²) >= 11 is 1.65. The predicted octanol–water partition coefficient (Wildman–Crippen LogP) is 4.53. The number of hydrogen-bond donors (Lipinski definition) is 0. The van der Waals surface area contributed by atoms with Crippen LogP contribution in [0.3, 0.4) is 0 Å². The molecule has 3 heteroatoms. The van der Waals surface area contributed by atoms with Crippen molar-refractivity contribution in [3.8, 4) is 6.07 Å². The first-order chi connectivity index (χ1) is 8.95. The number of nitrogens with zero attached hydrogens (tertiary/aromatic N) is 1. The number of Topliss-reactive ketones (excluding diaryl/α,β-unsaturated/α-hetero) is 1. The van der Waals surface area contributed by atoms with E-state index in [0.29, 0.717) is 5.25 Å². The molecule has 19 heavy (non-hydrogen) atoms. The highest BCUT2D eigenvalue weighted by atomic mass is 32.2. The minimum atomic E-state index is 0.00464. The Morgan fingerprint density at radius 1 is 1.16 bits per heavy atom. The van der Waals surface area contributed by atoms with E-state index in [1.807, 2.05) is 38.1 Å². The van der Waals surface area contributed by atoms with Crippen LogP contribution in [0.2, 0.25) is 0 Å². The van der Waals surface area contributed by atoms with Gasteiger partial charge in [-0.15, -0.1) is 11.8 Å². The molecule has 0 unspecified atom stereocenters. The van der Waals surface area contributed by atoms with Gasteiger partial charge in [-0.25, -0.2) is 0 Å². The number of nitriles is 1. The van der Waals surface area contributed by atoms with Crippen molar-refractivity contribution in [3.63, 3.8) is 0 Å². The molecule has 0 saturated heterocycles. The molecule has 1 aromatic carbocycles. The molecular formula is C16H19NOS. The summed E-state index contributed by atoms with van der Waals surface area (Å²) in [6.07, 6.45) is 1.56. The molecule has 0 radical (unpaired) electrons. The van der Waals surface area contributed by atoms with E-state index in [1.54, 1.807) is 17.8 Å². The third kappa shape index (κ3) is 4.57. The number of allylic oxidation sites excluding steroid dienone is 1. The fraction of sp³-hybridized carbons (Fsp3) is 0.375. The molecule has 0 saturated carbocycles. The van der Waals surface area contributed by atoms with Crippen molar-refractivity contribution in [3.05, 3.63) is 41.5 Å². The maximum Gasteiger partial charge on any atom is 0.165 e. The zero-order valence-electron chi connectivity index (χ0n) is 11.8. The molecule has 0 atom stereocenters. The van der Waals surface area contributed by atoms with Crippen LogP contribution in [-0.4, -0.2) is 11.0 Å². The molecule has 0 aliphatic heterocycles. The van der Waals surface area contributed by atoms with Gasteiger partial charge in [0.05, 0.1) is 6.07 Å². The van der Waals surface area contributed by atoms with Crippen LogP contribution in [0.5, 0.6) is 0 Å². The van der Waals surface area contributed by atoms with Gasteiger partial charge in [-0.05, 0) is 5.56 Å². The number of rotatable bonds is 5. The zero-order chi connectivity index (χ0) is 14.4. The van der Waals surface area contributed by atoms with Crippen LogP contribution >= 0.6 is 11.8 Å². The minimum absolute atomic E-state index is 0.00464. The third-order valence-electron chi connectivity index (χ3n) is 2.54. The Bertz CT molecular complexity index is 507. The van der Waals surface area contributed by atoms with Gasteiger partial charge in [0.1, 0.15) is 0 Å². The molecule has 0 heterocycles. The Hall–Kier alpha value is -1.53. The third-order valence-corrected chi connectivity index (χ3v) is 3.62. The Morgan fingerprint density at radius 3 is 2.11 bits per heavy atom. The quantitative estimate of drug-likeness (QED) is 0.584. The number of hydrogen-bond acceptors (Lipinski definition) is 3. The van der Waals surface area contributed by atoms with Crippen LogP contribution < -0.4 is 0 Å². The molecule has 0 aliphatic carbocycles. The summed E-state index contributed by atoms with van der Waals surface area (Å²) in [5, 5.41) is 9.25. The van der Waals surface area contributed by atoms with E-state index < -0.39 is 0 Å². The first-order valence-electron chi connectivity index (χ1n) is 6.36. The highest BCUT2D eigenvalue weighted by molar-refractivity contribution is 8.08. The van der Waals surface area contributed by atoms with E-state index in [4.69, 9.17) is 5.26 Å². The maximum absolute atomic E-state index is 11.9. The van der Waals surface area contributed by atoms with E-state index in [-0.39, 0.29) is 11.7 Å². The number of carbonyl (C=O) groups excluding carboxylic acids is 1. The predicted molar refractivity (Wildman–Crippen MR) is 81.9 cm³/mol. The topological polar surface area (TPSA) is 40.9 Å². The maximum atomic E-state index is 11.9. The lowest BCUT2D eigenvalue weighted by Crippen LogP contribution is -2.07. The summed E-state index contributed by atoms with van der Waals surface area (Å²) in [5.74, 6) is 0.152. The van der Waals surface area contributed by atoms with Crippen molar-refractivity contribution in [2.45, 2.75) is 32.9 Å². The second-order valence-electron chi connectivity index (χ2n) is 4.90. The van der Waals surface area contributed by atoms with Crippen molar-refractivity contribution in [1.82, 2.24) is 0 Å². The molecule has 0 fully saturated rings. The lowest BCUT2D eigenvalue weighted by molar-refractivity contribution is 0.0939. The van der Waals surface area contributed by atoms with E-state index in [1.165, 1.54) is 0 Å². The second-order valence-corrected chi connectivity index (χ2v) is 6.52. The zero-order valence-corrected chi connectivity index (χ0v) is 12.6. The molecule has 0 bridgehead atoms. The van der Waals surface area contributed by atoms with Gasteiger partial charge in [0, 0.05) is 27.7 Å². The Kier molecular flexibility index (Phi) is 5.85. The molecular weight excluding hydrogens is 254 g/mol. The average molecular weight is 273 g/mol. The number of thioether (sulfide) groups is 1. The average Bonchev–Trinajstić information content (AvgIpc) is 2.37. The number of benzene rings is 1. The Morgan fingerprint density at radius 2 is 1.68 bits per heavy atom. The van der Waals surface area contributed by atoms with Crippen molar-refractivity contribution in [2.75, 3.05) is 0 Å². The van der Waals surface area contributed by atoms with Crippen LogP contribution in [-0.2, 0) is 0 Å². The minimum Gasteiger partial charge on any atom is -0.294 e. The molecule has 2 nitrogen and oxygen atoms in total. The van der Waals surface area contributed by atoms with E-state index in [9.17, 15) is 4.79 Å². The summed E-state index contributed by atoms with van der Waals surface area (Å²) in [7, 11) is 0. The van der Waals surface area contributed by atoms with Gasteiger partial charge in [0.25, 0.3) is 0 Å². The summed E-state index contributed by atoms with van der Waals surface area (Å²) in [6, 6.07) is 9.57. The monoisotopic (exact) mass is 273 g/mol. The largest absolute Gasteiger partial charge is 0.294 e. The van der Waals surface area contributed by atoms with Crippen molar-refractivity contribution < 1.29 is 4.79 Å². The van der Waals surface area contributed by atoms with Crippen LogP contribution in [0.1, 0.15) is 43.6 Å². The molecule has 0 N–H and O–H groups in total. The fourth-order valence-electron chi connectivity index (χ4n) is 1.63. The van der Waals surface area contributed by atoms with Crippen molar-refractivity contribution in [1.29, 1.82) is 5.26 Å². The normalized spacial score (nSPS) is 11.7. The molecule has 1 aromatic rings. The van der Waals surface area contributed by atoms with Gasteiger partial charge < -0.3 is 0 Å². The molecule has 1 rings (SSSR count).